The van der Waals surface area contributed by atoms with Crippen LogP contribution >= 0.6 is 0 Å². The molecule has 142 valence electrons. The van der Waals surface area contributed by atoms with Gasteiger partial charge in [-0.1, -0.05) is 0 Å². The summed E-state index contributed by atoms with van der Waals surface area (Å²) in [5.74, 6) is -4.04. The van der Waals surface area contributed by atoms with Gasteiger partial charge in [-0.05, 0) is 25.7 Å². The van der Waals surface area contributed by atoms with E-state index in [0.29, 0.717) is 0 Å². The lowest BCUT2D eigenvalue weighted by Gasteiger charge is -2.39. The van der Waals surface area contributed by atoms with Gasteiger partial charge in [0.2, 0.25) is 0 Å². The molecule has 1 N–H and O–H groups in total. The van der Waals surface area contributed by atoms with Crippen LogP contribution in [-0.2, 0) is 17.3 Å². The van der Waals surface area contributed by atoms with Crippen LogP contribution in [0.15, 0.2) is 0 Å². The molecule has 2 aliphatic rings. The van der Waals surface area contributed by atoms with E-state index in [1.165, 1.54) is 6.92 Å². The van der Waals surface area contributed by atoms with Crippen LogP contribution in [0.4, 0.5) is 30.7 Å². The van der Waals surface area contributed by atoms with E-state index in [0.717, 1.165) is 4.68 Å². The van der Waals surface area contributed by atoms with Gasteiger partial charge in [0.15, 0.2) is 5.69 Å². The van der Waals surface area contributed by atoms with E-state index in [4.69, 9.17) is 0 Å². The number of aliphatic hydroxyl groups excluding tert-OH is 1. The second-order valence-corrected chi connectivity index (χ2v) is 6.48. The molecule has 0 unspecified atom stereocenters. The first kappa shape index (κ1) is 18.4. The molecule has 3 rings (SSSR count). The number of aliphatic hydroxyl groups is 1. The predicted molar refractivity (Wildman–Crippen MR) is 69.2 cm³/mol. The number of ether oxygens (including phenoxy) is 1. The maximum Gasteiger partial charge on any atom is 0.435 e. The van der Waals surface area contributed by atoms with Gasteiger partial charge in [-0.15, -0.1) is 0 Å². The Labute approximate surface area is 137 Å². The van der Waals surface area contributed by atoms with Crippen molar-refractivity contribution in [3.63, 3.8) is 0 Å². The van der Waals surface area contributed by atoms with E-state index in [2.05, 4.69) is 9.84 Å². The highest BCUT2D eigenvalue weighted by molar-refractivity contribution is 5.38. The molecule has 0 aromatic carbocycles. The van der Waals surface area contributed by atoms with E-state index in [9.17, 15) is 35.8 Å². The molecule has 1 aromatic heterocycles. The van der Waals surface area contributed by atoms with Crippen molar-refractivity contribution < 1.29 is 40.6 Å². The molecule has 1 aromatic rings. The molecule has 0 spiro atoms. The molecule has 1 fully saturated rings. The Morgan fingerprint density at radius 1 is 1.28 bits per heavy atom. The Hall–Kier alpha value is -1.36. The normalized spacial score (nSPS) is 29.6. The molecule has 2 atom stereocenters. The van der Waals surface area contributed by atoms with Gasteiger partial charge in [0.05, 0.1) is 24.3 Å². The van der Waals surface area contributed by atoms with Crippen molar-refractivity contribution in [2.45, 2.75) is 63.1 Å². The predicted octanol–water partition coefficient (Wildman–Crippen LogP) is 3.71. The molecule has 11 heteroatoms. The summed E-state index contributed by atoms with van der Waals surface area (Å²) in [6.45, 7) is -1.55. The fourth-order valence-electron chi connectivity index (χ4n) is 3.47. The zero-order valence-electron chi connectivity index (χ0n) is 12.9. The first-order chi connectivity index (χ1) is 11.4. The van der Waals surface area contributed by atoms with Gasteiger partial charge >= 0.3 is 12.8 Å². The van der Waals surface area contributed by atoms with E-state index in [-0.39, 0.29) is 24.5 Å². The molecular formula is C14H15F7N2O2. The highest BCUT2D eigenvalue weighted by atomic mass is 19.4. The zero-order valence-corrected chi connectivity index (χ0v) is 12.9. The largest absolute Gasteiger partial charge is 0.435 e. The number of nitrogens with zero attached hydrogens (tertiary/aromatic N) is 2. The van der Waals surface area contributed by atoms with Gasteiger partial charge in [0.25, 0.3) is 5.92 Å². The average molecular weight is 376 g/mol. The topological polar surface area (TPSA) is 47.3 Å². The Bertz CT molecular complexity index is 652. The van der Waals surface area contributed by atoms with Gasteiger partial charge < -0.3 is 9.84 Å². The lowest BCUT2D eigenvalue weighted by Crippen LogP contribution is -2.37. The highest BCUT2D eigenvalue weighted by Crippen LogP contribution is 2.51. The molecule has 2 aliphatic carbocycles. The molecule has 0 aliphatic heterocycles. The van der Waals surface area contributed by atoms with Crippen LogP contribution in [0.5, 0.6) is 0 Å². The molecule has 0 amide bonds. The minimum atomic E-state index is -4.98. The van der Waals surface area contributed by atoms with Gasteiger partial charge in [0, 0.05) is 5.56 Å². The van der Waals surface area contributed by atoms with Gasteiger partial charge in [-0.3, -0.25) is 4.68 Å². The smallest absolute Gasteiger partial charge is 0.382 e. The van der Waals surface area contributed by atoms with Crippen LogP contribution in [0, 0.1) is 5.92 Å². The van der Waals surface area contributed by atoms with Crippen LogP contribution in [-0.4, -0.2) is 33.5 Å². The molecule has 0 bridgehead atoms. The molecule has 25 heavy (non-hydrogen) atoms. The van der Waals surface area contributed by atoms with Gasteiger partial charge in [0.1, 0.15) is 6.10 Å². The molecular weight excluding hydrogens is 361 g/mol. The van der Waals surface area contributed by atoms with Crippen molar-refractivity contribution in [3.05, 3.63) is 17.0 Å². The number of alkyl halides is 7. The molecule has 1 saturated carbocycles. The van der Waals surface area contributed by atoms with Crippen molar-refractivity contribution in [2.24, 2.45) is 5.92 Å². The van der Waals surface area contributed by atoms with Crippen LogP contribution < -0.4 is 0 Å². The molecule has 0 radical (unpaired) electrons. The SMILES string of the molecule is C[C@@H](OC(F)F)C1CC(n2nc(C(F)(F)F)c3c2CC(F)(F)[C@H]3O)C1. The molecule has 4 nitrogen and oxygen atoms in total. The van der Waals surface area contributed by atoms with Crippen LogP contribution in [0.2, 0.25) is 0 Å². The standard InChI is InChI=1S/C14H15F7N2O2/c1-5(25-12(15)16)6-2-7(3-6)23-8-4-13(17,18)11(24)9(8)10(22-23)14(19,20)21/h5-7,11-12,24H,2-4H2,1H3/t5-,6?,7?,11+/m1/s1. The first-order valence-corrected chi connectivity index (χ1v) is 7.59. The number of halogens is 7. The molecule has 1 heterocycles. The fourth-order valence-corrected chi connectivity index (χ4v) is 3.47. The summed E-state index contributed by atoms with van der Waals surface area (Å²) in [5.41, 5.74) is -2.76. The van der Waals surface area contributed by atoms with Crippen molar-refractivity contribution in [1.82, 2.24) is 9.78 Å². The number of aromatic nitrogens is 2. The second kappa shape index (κ2) is 5.83. The summed E-state index contributed by atoms with van der Waals surface area (Å²) < 4.78 is 96.2. The minimum absolute atomic E-state index is 0.182. The van der Waals surface area contributed by atoms with Crippen molar-refractivity contribution in [2.75, 3.05) is 0 Å². The maximum atomic E-state index is 13.7. The van der Waals surface area contributed by atoms with Crippen LogP contribution in [0.1, 0.15) is 48.9 Å². The van der Waals surface area contributed by atoms with E-state index >= 15 is 0 Å². The number of hydrogen-bond donors (Lipinski definition) is 1. The van der Waals surface area contributed by atoms with Crippen molar-refractivity contribution in [1.29, 1.82) is 0 Å². The van der Waals surface area contributed by atoms with E-state index < -0.39 is 54.6 Å². The number of rotatable bonds is 4. The number of hydrogen-bond acceptors (Lipinski definition) is 3. The van der Waals surface area contributed by atoms with E-state index in [1.807, 2.05) is 0 Å². The summed E-state index contributed by atoms with van der Waals surface area (Å²) in [4.78, 5) is 0. The van der Waals surface area contributed by atoms with Gasteiger partial charge in [-0.25, -0.2) is 8.78 Å². The summed E-state index contributed by atoms with van der Waals surface area (Å²) >= 11 is 0. The van der Waals surface area contributed by atoms with Crippen molar-refractivity contribution >= 4 is 0 Å². The summed E-state index contributed by atoms with van der Waals surface area (Å²) in [5, 5.41) is 13.0. The third kappa shape index (κ3) is 3.12. The monoisotopic (exact) mass is 376 g/mol. The Balaban J connectivity index is 1.85. The summed E-state index contributed by atoms with van der Waals surface area (Å²) in [6, 6.07) is -0.625. The molecule has 0 saturated heterocycles. The Kier molecular flexibility index (Phi) is 4.30. The van der Waals surface area contributed by atoms with Gasteiger partial charge in [-0.2, -0.15) is 27.1 Å². The van der Waals surface area contributed by atoms with Crippen LogP contribution in [0.25, 0.3) is 0 Å². The summed E-state index contributed by atoms with van der Waals surface area (Å²) in [7, 11) is 0. The Morgan fingerprint density at radius 2 is 1.88 bits per heavy atom. The Morgan fingerprint density at radius 3 is 2.40 bits per heavy atom. The van der Waals surface area contributed by atoms with E-state index in [1.54, 1.807) is 0 Å². The fraction of sp³-hybridized carbons (Fsp3) is 0.786. The number of fused-ring (bicyclic) bond motifs is 1. The lowest BCUT2D eigenvalue weighted by atomic mass is 9.77. The average Bonchev–Trinajstić information content (AvgIpc) is 2.83. The minimum Gasteiger partial charge on any atom is -0.382 e. The maximum absolute atomic E-state index is 13.7. The quantitative estimate of drug-likeness (QED) is 0.816. The summed E-state index contributed by atoms with van der Waals surface area (Å²) in [6.07, 6.45) is -9.04. The van der Waals surface area contributed by atoms with Crippen molar-refractivity contribution in [3.8, 4) is 0 Å². The second-order valence-electron chi connectivity index (χ2n) is 6.48. The highest BCUT2D eigenvalue weighted by Gasteiger charge is 2.55. The third-order valence-electron chi connectivity index (χ3n) is 4.87. The zero-order chi connectivity index (χ0) is 18.7. The first-order valence-electron chi connectivity index (χ1n) is 7.59. The lowest BCUT2D eigenvalue weighted by molar-refractivity contribution is -0.181. The van der Waals surface area contributed by atoms with Crippen LogP contribution in [0.3, 0.4) is 0 Å². The third-order valence-corrected chi connectivity index (χ3v) is 4.87.